The van der Waals surface area contributed by atoms with Gasteiger partial charge in [-0.2, -0.15) is 0 Å². The van der Waals surface area contributed by atoms with Crippen LogP contribution in [0.2, 0.25) is 0 Å². The summed E-state index contributed by atoms with van der Waals surface area (Å²) in [6.45, 7) is 8.56. The molecule has 6 unspecified atom stereocenters. The van der Waals surface area contributed by atoms with Crippen molar-refractivity contribution in [3.8, 4) is 11.5 Å². The van der Waals surface area contributed by atoms with Crippen LogP contribution in [0.5, 0.6) is 11.5 Å². The van der Waals surface area contributed by atoms with E-state index in [-0.39, 0.29) is 85.9 Å². The molecule has 16 rings (SSSR count). The first kappa shape index (κ1) is 94.4. The average molecular weight is 1830 g/mol. The van der Waals surface area contributed by atoms with E-state index >= 15 is 57.5 Å². The van der Waals surface area contributed by atoms with E-state index in [9.17, 15) is 34.5 Å². The molecule has 7 aromatic rings. The zero-order valence-corrected chi connectivity index (χ0v) is 75.6. The molecule has 1 saturated heterocycles. The molecular weight excluding hydrogens is 1710 g/mol. The van der Waals surface area contributed by atoms with Gasteiger partial charge in [0.05, 0.1) is 36.6 Å². The molecule has 4 spiro atoms. The lowest BCUT2D eigenvalue weighted by Crippen LogP contribution is -2.68. The third-order valence-electron chi connectivity index (χ3n) is 26.7. The number of hydrogen-bond acceptors (Lipinski definition) is 19. The largest absolute Gasteiger partial charge is 0.508 e. The summed E-state index contributed by atoms with van der Waals surface area (Å²) in [5, 5.41) is 57.0. The number of carboxylic acids is 1. The normalized spacial score (nSPS) is 28.4. The van der Waals surface area contributed by atoms with Crippen LogP contribution < -0.4 is 63.4 Å². The van der Waals surface area contributed by atoms with Crippen molar-refractivity contribution < 1.29 is 92.0 Å². The van der Waals surface area contributed by atoms with Crippen LogP contribution in [-0.4, -0.2) is 246 Å². The number of likely N-dealkylation sites (N-methyl/N-ethyl adjacent to an activating group) is 3. The third-order valence-corrected chi connectivity index (χ3v) is 27.8. The number of fused-ring (bicyclic) bond motifs is 1. The van der Waals surface area contributed by atoms with Crippen LogP contribution in [0.1, 0.15) is 144 Å². The number of aliphatic carboxylic acids is 1. The Morgan fingerprint density at radius 2 is 1.17 bits per heavy atom. The van der Waals surface area contributed by atoms with E-state index < -0.39 is 220 Å². The number of carbonyl (C=O) groups is 16. The van der Waals surface area contributed by atoms with Crippen molar-refractivity contribution in [1.29, 1.82) is 0 Å². The highest BCUT2D eigenvalue weighted by molar-refractivity contribution is 8.00. The van der Waals surface area contributed by atoms with Gasteiger partial charge in [-0.3, -0.25) is 86.5 Å². The second kappa shape index (κ2) is 38.4. The quantitative estimate of drug-likeness (QED) is 0.0621. The lowest BCUT2D eigenvalue weighted by atomic mass is 9.88. The maximum atomic E-state index is 15.9. The number of primary amides is 1. The van der Waals surface area contributed by atoms with Crippen molar-refractivity contribution in [2.24, 2.45) is 23.5 Å². The first-order valence-corrected chi connectivity index (χ1v) is 45.6. The lowest BCUT2D eigenvalue weighted by molar-refractivity contribution is -0.146. The van der Waals surface area contributed by atoms with Crippen LogP contribution in [0.15, 0.2) is 158 Å². The number of hydrogen-bond donors (Lipinski definition) is 14. The van der Waals surface area contributed by atoms with E-state index in [0.29, 0.717) is 57.1 Å². The first-order chi connectivity index (χ1) is 62.9. The fourth-order valence-electron chi connectivity index (χ4n) is 19.4. The number of nitrogens with zero attached hydrogens (tertiary/aromatic N) is 5. The fourth-order valence-corrected chi connectivity index (χ4v) is 20.3. The van der Waals surface area contributed by atoms with E-state index in [1.807, 2.05) is 19.1 Å². The van der Waals surface area contributed by atoms with Crippen molar-refractivity contribution in [2.45, 2.75) is 200 Å². The summed E-state index contributed by atoms with van der Waals surface area (Å²) in [5.74, 6) is -19.4. The maximum absolute atomic E-state index is 15.9. The maximum Gasteiger partial charge on any atom is 0.305 e. The van der Waals surface area contributed by atoms with Gasteiger partial charge in [0.2, 0.25) is 76.8 Å². The molecule has 6 bridgehead atoms. The summed E-state index contributed by atoms with van der Waals surface area (Å²) in [5.41, 5.74) is 2.69. The van der Waals surface area contributed by atoms with Crippen LogP contribution in [0.25, 0.3) is 10.9 Å². The van der Waals surface area contributed by atoms with Crippen LogP contribution in [-0.2, 0) is 96.0 Å². The molecule has 4 aliphatic carbocycles. The van der Waals surface area contributed by atoms with Gasteiger partial charge in [-0.25, -0.2) is 0 Å². The summed E-state index contributed by atoms with van der Waals surface area (Å²) >= 11 is 0.863. The number of H-pyrrole nitrogens is 1. The number of carbonyl (C=O) groups excluding carboxylic acids is 15. The predicted molar refractivity (Wildman–Crippen MR) is 486 cm³/mol. The van der Waals surface area contributed by atoms with Gasteiger partial charge in [0, 0.05) is 81.0 Å². The Kier molecular flexibility index (Phi) is 27.5. The van der Waals surface area contributed by atoms with E-state index in [2.05, 4.69) is 52.8 Å². The number of phenolic OH excluding ortho intramolecular Hbond substituents is 2. The number of carboxylic acid groups (broad SMARTS) is 1. The standard InChI is InChI=1S/C96H112N16O19S/c1-10-20-59-42-95(59)92(131)111-53(6)81(120)100-70(41-78(118)119)85(124)105-79(52(4)5)88(127)110(9)96(45-65(96)57-23-15-12-16-24-57)90(129)104-71(39-55-31-35-61(114)36-32-55)86(125)108(7)48-76(116)106-93(44-66(93)63-46-98-67-27-18-17-26-62(63)67)89(128)103-69(38-54-29-33-60(113)34-30-54)84(123)101-68(37-51(2)3)83(122)102-72(82(121)99-47-75(97)115)49-132-50-77(117)107-94(43-64(94)56-21-13-11-14-22-56)91(130)109(8)74-40-58-25-19-28-73(111)80(58)112(95)87(74)126/h11-19,21-36,46,51-53,59,64-66,68-72,74,79,98,113-114H,10,20,37-45,47-50H2,1-9H3,(H2,97,115)(H,99,121)(H,100,120)(H,101,123)(H,102,122)(H,103,128)(H,104,129)(H,105,124)(H,106,116)(H,107,117)(H,118,119)/t53-,59+,64?,65?,66-,68-,69-,70-,71-,72-,74-,79-,93?,94?,95?,96?/m0/s1. The second-order valence-electron chi connectivity index (χ2n) is 36.6. The van der Waals surface area contributed by atoms with Gasteiger partial charge in [0.15, 0.2) is 0 Å². The molecule has 0 radical (unpaired) electrons. The molecule has 696 valence electrons. The highest BCUT2D eigenvalue weighted by Gasteiger charge is 2.72. The highest BCUT2D eigenvalue weighted by Crippen LogP contribution is 2.62. The van der Waals surface area contributed by atoms with Crippen molar-refractivity contribution in [3.63, 3.8) is 0 Å². The summed E-state index contributed by atoms with van der Waals surface area (Å²) < 4.78 is 0. The predicted octanol–water partition coefficient (Wildman–Crippen LogP) is 3.44. The SMILES string of the molecule is CCC[C@@H]1CC12C(=O)N1c3cccc4c3N2C(=O)[C@H](C4)N(C)C(=O)C2(CC2c2ccccc2)NC(=O)CSC[C@@H](C(=O)NCC(N)=O)NC(=O)[C@H](CC(C)C)NC(=O)[C@H](Cc2ccc(O)cc2)NC(=O)C2(C[C@H]2c2c[nH]c3ccccc23)NC(=O)CN(C)C(=O)[C@H](Cc2ccc(O)cc2)NC(=O)C2(CC2c2ccccc2)N(C)C(=O)[C@H](C(C)C)NC(=O)[C@H](CC(=O)O)NC(=O)[C@@H]1C. The van der Waals surface area contributed by atoms with Crippen molar-refractivity contribution >= 4 is 129 Å². The molecule has 15 N–H and O–H groups in total. The molecule has 4 saturated carbocycles. The summed E-state index contributed by atoms with van der Waals surface area (Å²) in [6, 6.07) is 28.7. The molecule has 132 heavy (non-hydrogen) atoms. The molecule has 16 atom stereocenters. The fraction of sp³-hybridized carbons (Fsp3) is 0.438. The van der Waals surface area contributed by atoms with Gasteiger partial charge in [-0.1, -0.05) is 156 Å². The van der Waals surface area contributed by atoms with Gasteiger partial charge >= 0.3 is 5.97 Å². The number of nitrogens with two attached hydrogens (primary N) is 1. The number of aromatic nitrogens is 1. The minimum absolute atomic E-state index is 0.0495. The number of rotatable bonds is 17. The van der Waals surface area contributed by atoms with Crippen molar-refractivity contribution in [2.75, 3.05) is 55.5 Å². The van der Waals surface area contributed by atoms with Crippen LogP contribution >= 0.6 is 11.8 Å². The van der Waals surface area contributed by atoms with Crippen molar-refractivity contribution in [1.82, 2.24) is 67.5 Å². The first-order valence-electron chi connectivity index (χ1n) is 44.5. The summed E-state index contributed by atoms with van der Waals surface area (Å²) in [4.78, 5) is 250. The molecule has 5 fully saturated rings. The average Bonchev–Trinajstić information content (AvgIpc) is 1.50. The van der Waals surface area contributed by atoms with Gasteiger partial charge in [-0.15, -0.1) is 11.8 Å². The molecule has 6 aromatic carbocycles. The van der Waals surface area contributed by atoms with Gasteiger partial charge in [-0.05, 0) is 133 Å². The van der Waals surface area contributed by atoms with Gasteiger partial charge in [0.25, 0.3) is 11.8 Å². The zero-order valence-electron chi connectivity index (χ0n) is 74.8. The lowest BCUT2D eigenvalue weighted by Gasteiger charge is -2.49. The molecule has 9 aliphatic rings. The number of thioether (sulfide) groups is 1. The van der Waals surface area contributed by atoms with Crippen LogP contribution in [0.4, 0.5) is 11.4 Å². The Hall–Kier alpha value is -13.7. The van der Waals surface area contributed by atoms with Crippen LogP contribution in [0, 0.1) is 17.8 Å². The van der Waals surface area contributed by atoms with Crippen molar-refractivity contribution in [3.05, 3.63) is 191 Å². The van der Waals surface area contributed by atoms with Crippen LogP contribution in [0.3, 0.4) is 0 Å². The molecule has 36 heteroatoms. The van der Waals surface area contributed by atoms with E-state index in [0.717, 1.165) is 21.6 Å². The minimum atomic E-state index is -1.93. The number of aromatic amines is 1. The number of nitrogens with one attached hydrogen (secondary N) is 10. The second-order valence-corrected chi connectivity index (χ2v) is 37.7. The Labute approximate surface area is 766 Å². The minimum Gasteiger partial charge on any atom is -0.508 e. The number of benzene rings is 6. The zero-order chi connectivity index (χ0) is 94.9. The number of para-hydroxylation sites is 2. The molecule has 6 heterocycles. The summed E-state index contributed by atoms with van der Waals surface area (Å²) in [6.07, 6.45) is 0.926. The molecule has 1 aromatic heterocycles. The van der Waals surface area contributed by atoms with Gasteiger partial charge < -0.3 is 88.6 Å². The Morgan fingerprint density at radius 1 is 0.583 bits per heavy atom. The van der Waals surface area contributed by atoms with E-state index in [1.165, 1.54) is 91.3 Å². The number of aromatic hydroxyl groups is 2. The number of anilines is 2. The monoisotopic (exact) mass is 1820 g/mol. The Morgan fingerprint density at radius 3 is 1.80 bits per heavy atom. The van der Waals surface area contributed by atoms with Gasteiger partial charge in [0.1, 0.15) is 82.0 Å². The molecule has 15 amide bonds. The molecular formula is C96H112N16O19S. The third kappa shape index (κ3) is 19.1. The number of phenols is 2. The van der Waals surface area contributed by atoms with E-state index in [4.69, 9.17) is 5.73 Å². The Balaban J connectivity index is 0.831. The number of amides is 15. The molecule has 35 nitrogen and oxygen atoms in total. The van der Waals surface area contributed by atoms with E-state index in [1.54, 1.807) is 125 Å². The smallest absolute Gasteiger partial charge is 0.305 e. The molecule has 5 aliphatic heterocycles. The highest BCUT2D eigenvalue weighted by atomic mass is 32.2. The summed E-state index contributed by atoms with van der Waals surface area (Å²) in [7, 11) is 4.08. The Bertz CT molecular complexity index is 5700. The topological polar surface area (TPSA) is 500 Å².